The standard InChI is InChI=1S/C14H14F2N2O2S/c1-8-6-10(17)7-13(14(8)16)21(19,20)18-12-5-3-4-11(15)9(12)2/h3-7,18H,17H2,1-2H3. The van der Waals surface area contributed by atoms with Gasteiger partial charge in [0.1, 0.15) is 16.5 Å². The van der Waals surface area contributed by atoms with Crippen LogP contribution in [0.5, 0.6) is 0 Å². The molecule has 0 fully saturated rings. The van der Waals surface area contributed by atoms with Crippen LogP contribution < -0.4 is 10.5 Å². The molecular weight excluding hydrogens is 298 g/mol. The van der Waals surface area contributed by atoms with Gasteiger partial charge in [-0.15, -0.1) is 0 Å². The number of anilines is 2. The largest absolute Gasteiger partial charge is 0.399 e. The molecule has 0 heterocycles. The Morgan fingerprint density at radius 1 is 1.14 bits per heavy atom. The highest BCUT2D eigenvalue weighted by atomic mass is 32.2. The summed E-state index contributed by atoms with van der Waals surface area (Å²) in [6, 6.07) is 6.33. The zero-order valence-electron chi connectivity index (χ0n) is 11.4. The lowest BCUT2D eigenvalue weighted by molar-refractivity contribution is 0.565. The molecule has 7 heteroatoms. The Kier molecular flexibility index (Phi) is 3.87. The lowest BCUT2D eigenvalue weighted by Crippen LogP contribution is -2.16. The quantitative estimate of drug-likeness (QED) is 0.856. The first-order valence-corrected chi connectivity index (χ1v) is 7.54. The van der Waals surface area contributed by atoms with Crippen molar-refractivity contribution in [2.24, 2.45) is 0 Å². The number of aryl methyl sites for hydroxylation is 1. The van der Waals surface area contributed by atoms with Crippen LogP contribution in [0.25, 0.3) is 0 Å². The van der Waals surface area contributed by atoms with Gasteiger partial charge in [0.25, 0.3) is 10.0 Å². The molecule has 112 valence electrons. The van der Waals surface area contributed by atoms with Crippen LogP contribution in [0.3, 0.4) is 0 Å². The van der Waals surface area contributed by atoms with Crippen LogP contribution in [-0.4, -0.2) is 8.42 Å². The maximum atomic E-state index is 14.0. The number of nitrogen functional groups attached to an aromatic ring is 1. The van der Waals surface area contributed by atoms with Gasteiger partial charge in [-0.05, 0) is 43.7 Å². The normalized spacial score (nSPS) is 11.4. The fourth-order valence-electron chi connectivity index (χ4n) is 1.88. The Labute approximate surface area is 121 Å². The molecule has 0 radical (unpaired) electrons. The molecule has 2 aromatic rings. The van der Waals surface area contributed by atoms with Gasteiger partial charge >= 0.3 is 0 Å². The number of benzene rings is 2. The molecule has 0 amide bonds. The summed E-state index contributed by atoms with van der Waals surface area (Å²) in [5, 5.41) is 0. The second kappa shape index (κ2) is 5.33. The number of halogens is 2. The summed E-state index contributed by atoms with van der Waals surface area (Å²) in [7, 11) is -4.20. The third kappa shape index (κ3) is 2.97. The van der Waals surface area contributed by atoms with Crippen molar-refractivity contribution in [1.29, 1.82) is 0 Å². The first kappa shape index (κ1) is 15.2. The van der Waals surface area contributed by atoms with E-state index in [2.05, 4.69) is 4.72 Å². The highest BCUT2D eigenvalue weighted by molar-refractivity contribution is 7.92. The monoisotopic (exact) mass is 312 g/mol. The predicted molar refractivity (Wildman–Crippen MR) is 77.5 cm³/mol. The number of hydrogen-bond acceptors (Lipinski definition) is 3. The zero-order chi connectivity index (χ0) is 15.8. The highest BCUT2D eigenvalue weighted by Crippen LogP contribution is 2.26. The molecule has 0 aliphatic carbocycles. The molecule has 21 heavy (non-hydrogen) atoms. The van der Waals surface area contributed by atoms with E-state index in [0.29, 0.717) is 0 Å². The molecule has 0 atom stereocenters. The van der Waals surface area contributed by atoms with E-state index in [1.54, 1.807) is 0 Å². The van der Waals surface area contributed by atoms with Crippen molar-refractivity contribution in [2.75, 3.05) is 10.5 Å². The Morgan fingerprint density at radius 2 is 1.81 bits per heavy atom. The van der Waals surface area contributed by atoms with E-state index in [0.717, 1.165) is 6.07 Å². The Morgan fingerprint density at radius 3 is 2.48 bits per heavy atom. The summed E-state index contributed by atoms with van der Waals surface area (Å²) < 4.78 is 54.1. The molecule has 0 spiro atoms. The molecule has 0 aliphatic heterocycles. The van der Waals surface area contributed by atoms with Crippen LogP contribution >= 0.6 is 0 Å². The van der Waals surface area contributed by atoms with Crippen LogP contribution in [0, 0.1) is 25.5 Å². The minimum atomic E-state index is -4.20. The molecule has 0 saturated heterocycles. The van der Waals surface area contributed by atoms with Gasteiger partial charge in [0.05, 0.1) is 5.69 Å². The van der Waals surface area contributed by atoms with Crippen molar-refractivity contribution in [2.45, 2.75) is 18.7 Å². The van der Waals surface area contributed by atoms with E-state index in [-0.39, 0.29) is 22.5 Å². The van der Waals surface area contributed by atoms with E-state index >= 15 is 0 Å². The van der Waals surface area contributed by atoms with E-state index in [4.69, 9.17) is 5.73 Å². The Balaban J connectivity index is 2.51. The molecule has 0 unspecified atom stereocenters. The Bertz CT molecular complexity index is 805. The first-order valence-electron chi connectivity index (χ1n) is 6.06. The van der Waals surface area contributed by atoms with Gasteiger partial charge in [0, 0.05) is 11.3 Å². The summed E-state index contributed by atoms with van der Waals surface area (Å²) in [5.41, 5.74) is 5.98. The molecule has 0 aliphatic rings. The second-order valence-corrected chi connectivity index (χ2v) is 6.32. The molecule has 0 saturated carbocycles. The number of rotatable bonds is 3. The molecule has 3 N–H and O–H groups in total. The maximum absolute atomic E-state index is 14.0. The van der Waals surface area contributed by atoms with Gasteiger partial charge in [-0.3, -0.25) is 4.72 Å². The average molecular weight is 312 g/mol. The summed E-state index contributed by atoms with van der Waals surface area (Å²) in [6.07, 6.45) is 0. The summed E-state index contributed by atoms with van der Waals surface area (Å²) >= 11 is 0. The van der Waals surface area contributed by atoms with Crippen LogP contribution in [0.15, 0.2) is 35.2 Å². The summed E-state index contributed by atoms with van der Waals surface area (Å²) in [4.78, 5) is -0.566. The van der Waals surface area contributed by atoms with Gasteiger partial charge < -0.3 is 5.73 Å². The van der Waals surface area contributed by atoms with Crippen molar-refractivity contribution < 1.29 is 17.2 Å². The molecular formula is C14H14F2N2O2S. The summed E-state index contributed by atoms with van der Waals surface area (Å²) in [5.74, 6) is -1.44. The highest BCUT2D eigenvalue weighted by Gasteiger charge is 2.22. The van der Waals surface area contributed by atoms with Crippen LogP contribution in [0.2, 0.25) is 0 Å². The van der Waals surface area contributed by atoms with Crippen molar-refractivity contribution in [3.05, 3.63) is 53.1 Å². The third-order valence-electron chi connectivity index (χ3n) is 3.05. The number of sulfonamides is 1. The second-order valence-electron chi connectivity index (χ2n) is 4.67. The van der Waals surface area contributed by atoms with Crippen molar-refractivity contribution in [1.82, 2.24) is 0 Å². The third-order valence-corrected chi connectivity index (χ3v) is 4.41. The van der Waals surface area contributed by atoms with Gasteiger partial charge in [-0.1, -0.05) is 6.07 Å². The number of nitrogens with two attached hydrogens (primary N) is 1. The first-order chi connectivity index (χ1) is 9.72. The lowest BCUT2D eigenvalue weighted by Gasteiger charge is -2.13. The van der Waals surface area contributed by atoms with E-state index in [1.807, 2.05) is 0 Å². The molecule has 2 aromatic carbocycles. The molecule has 0 aromatic heterocycles. The fourth-order valence-corrected chi connectivity index (χ4v) is 3.19. The van der Waals surface area contributed by atoms with E-state index in [1.165, 1.54) is 38.1 Å². The van der Waals surface area contributed by atoms with Crippen LogP contribution in [-0.2, 0) is 10.0 Å². The summed E-state index contributed by atoms with van der Waals surface area (Å²) in [6.45, 7) is 2.84. The van der Waals surface area contributed by atoms with Gasteiger partial charge in [-0.25, -0.2) is 17.2 Å². The average Bonchev–Trinajstić information content (AvgIpc) is 2.39. The molecule has 4 nitrogen and oxygen atoms in total. The van der Waals surface area contributed by atoms with Gasteiger partial charge in [0.2, 0.25) is 0 Å². The smallest absolute Gasteiger partial charge is 0.264 e. The maximum Gasteiger partial charge on any atom is 0.264 e. The van der Waals surface area contributed by atoms with Crippen LogP contribution in [0.4, 0.5) is 20.2 Å². The van der Waals surface area contributed by atoms with Crippen molar-refractivity contribution in [3.8, 4) is 0 Å². The fraction of sp³-hybridized carbons (Fsp3) is 0.143. The molecule has 2 rings (SSSR count). The minimum Gasteiger partial charge on any atom is -0.399 e. The molecule has 0 bridgehead atoms. The number of hydrogen-bond donors (Lipinski definition) is 2. The topological polar surface area (TPSA) is 72.2 Å². The minimum absolute atomic E-state index is 0.0504. The van der Waals surface area contributed by atoms with Crippen LogP contribution in [0.1, 0.15) is 11.1 Å². The van der Waals surface area contributed by atoms with Crippen molar-refractivity contribution >= 4 is 21.4 Å². The number of nitrogens with one attached hydrogen (secondary N) is 1. The van der Waals surface area contributed by atoms with E-state index < -0.39 is 26.6 Å². The SMILES string of the molecule is Cc1cc(N)cc(S(=O)(=O)Nc2cccc(F)c2C)c1F. The Hall–Kier alpha value is -2.15. The van der Waals surface area contributed by atoms with E-state index in [9.17, 15) is 17.2 Å². The lowest BCUT2D eigenvalue weighted by atomic mass is 10.2. The zero-order valence-corrected chi connectivity index (χ0v) is 12.3. The van der Waals surface area contributed by atoms with Gasteiger partial charge in [-0.2, -0.15) is 0 Å². The van der Waals surface area contributed by atoms with Gasteiger partial charge in [0.15, 0.2) is 0 Å². The predicted octanol–water partition coefficient (Wildman–Crippen LogP) is 2.96. The van der Waals surface area contributed by atoms with Crippen molar-refractivity contribution in [3.63, 3.8) is 0 Å².